The Labute approximate surface area is 123 Å². The quantitative estimate of drug-likeness (QED) is 0.631. The summed E-state index contributed by atoms with van der Waals surface area (Å²) in [5.41, 5.74) is -0.540. The Hall–Kier alpha value is -1.33. The number of hydrogen-bond acceptors (Lipinski definition) is 5. The maximum Gasteiger partial charge on any atom is 0.363 e. The van der Waals surface area contributed by atoms with Gasteiger partial charge < -0.3 is 9.47 Å². The van der Waals surface area contributed by atoms with Crippen LogP contribution in [0.4, 0.5) is 0 Å². The molecule has 2 heterocycles. The first-order valence-electron chi connectivity index (χ1n) is 6.60. The molecule has 1 aliphatic heterocycles. The van der Waals surface area contributed by atoms with Gasteiger partial charge >= 0.3 is 5.97 Å². The van der Waals surface area contributed by atoms with Crippen molar-refractivity contribution in [1.82, 2.24) is 9.88 Å². The third-order valence-electron chi connectivity index (χ3n) is 2.78. The number of likely N-dealkylation sites (tertiary alicyclic amines) is 1. The van der Waals surface area contributed by atoms with Crippen molar-refractivity contribution in [3.05, 3.63) is 23.5 Å². The summed E-state index contributed by atoms with van der Waals surface area (Å²) in [5.74, 6) is 0.115. The van der Waals surface area contributed by atoms with Crippen molar-refractivity contribution in [1.29, 1.82) is 0 Å². The molecule has 1 unspecified atom stereocenters. The molecule has 0 saturated carbocycles. The molecule has 6 heteroatoms. The Morgan fingerprint density at radius 3 is 2.55 bits per heavy atom. The van der Waals surface area contributed by atoms with Gasteiger partial charge in [0.05, 0.1) is 6.20 Å². The molecular weight excluding hydrogens is 280 g/mol. The monoisotopic (exact) mass is 298 g/mol. The highest BCUT2D eigenvalue weighted by molar-refractivity contribution is 6.29. The number of aromatic nitrogens is 1. The van der Waals surface area contributed by atoms with E-state index in [0.29, 0.717) is 10.9 Å². The molecule has 0 aliphatic carbocycles. The predicted octanol–water partition coefficient (Wildman–Crippen LogP) is 2.49. The van der Waals surface area contributed by atoms with Gasteiger partial charge in [0.1, 0.15) is 16.5 Å². The highest BCUT2D eigenvalue weighted by Crippen LogP contribution is 2.21. The molecule has 0 amide bonds. The predicted molar refractivity (Wildman–Crippen MR) is 75.7 cm³/mol. The maximum absolute atomic E-state index is 12.2. The lowest BCUT2D eigenvalue weighted by molar-refractivity contribution is -0.176. The summed E-state index contributed by atoms with van der Waals surface area (Å²) >= 11 is 5.73. The Bertz CT molecular complexity index is 466. The number of nitrogens with zero attached hydrogens (tertiary/aromatic N) is 2. The van der Waals surface area contributed by atoms with E-state index in [-0.39, 0.29) is 5.97 Å². The van der Waals surface area contributed by atoms with Crippen molar-refractivity contribution < 1.29 is 14.3 Å². The Kier molecular flexibility index (Phi) is 4.50. The van der Waals surface area contributed by atoms with E-state index in [1.54, 1.807) is 12.1 Å². The number of carbonyl (C=O) groups is 1. The molecule has 1 aromatic heterocycles. The van der Waals surface area contributed by atoms with Gasteiger partial charge in [-0.3, -0.25) is 4.90 Å². The van der Waals surface area contributed by atoms with Crippen LogP contribution in [0.3, 0.4) is 0 Å². The summed E-state index contributed by atoms with van der Waals surface area (Å²) in [6, 6.07) is 3.31. The average molecular weight is 299 g/mol. The molecule has 0 N–H and O–H groups in total. The molecule has 1 fully saturated rings. The molecule has 0 spiro atoms. The lowest BCUT2D eigenvalue weighted by Crippen LogP contribution is -2.53. The van der Waals surface area contributed by atoms with Gasteiger partial charge in [0.2, 0.25) is 0 Å². The largest absolute Gasteiger partial charge is 0.462 e. The third kappa shape index (κ3) is 4.08. The first kappa shape index (κ1) is 15.1. The van der Waals surface area contributed by atoms with Gasteiger partial charge in [-0.05, 0) is 39.3 Å². The van der Waals surface area contributed by atoms with Crippen LogP contribution in [0.5, 0.6) is 5.75 Å². The molecule has 0 bridgehead atoms. The van der Waals surface area contributed by atoms with Crippen LogP contribution in [0.15, 0.2) is 18.3 Å². The zero-order valence-corrected chi connectivity index (χ0v) is 12.7. The van der Waals surface area contributed by atoms with Gasteiger partial charge in [-0.25, -0.2) is 9.78 Å². The topological polar surface area (TPSA) is 51.7 Å². The molecule has 0 aromatic carbocycles. The highest BCUT2D eigenvalue weighted by atomic mass is 35.5. The van der Waals surface area contributed by atoms with E-state index in [0.717, 1.165) is 19.5 Å². The highest BCUT2D eigenvalue weighted by Gasteiger charge is 2.35. The van der Waals surface area contributed by atoms with Crippen LogP contribution in [-0.2, 0) is 9.53 Å². The van der Waals surface area contributed by atoms with Crippen molar-refractivity contribution >= 4 is 17.6 Å². The van der Waals surface area contributed by atoms with Crippen LogP contribution >= 0.6 is 11.6 Å². The fourth-order valence-corrected chi connectivity index (χ4v) is 1.87. The summed E-state index contributed by atoms with van der Waals surface area (Å²) in [6.07, 6.45) is 1.83. The molecule has 1 saturated heterocycles. The van der Waals surface area contributed by atoms with E-state index in [1.807, 2.05) is 25.7 Å². The number of ether oxygens (including phenoxy) is 2. The van der Waals surface area contributed by atoms with Crippen LogP contribution < -0.4 is 4.74 Å². The van der Waals surface area contributed by atoms with Crippen molar-refractivity contribution in [2.24, 2.45) is 0 Å². The van der Waals surface area contributed by atoms with Gasteiger partial charge in [-0.2, -0.15) is 0 Å². The molecule has 20 heavy (non-hydrogen) atoms. The molecule has 2 rings (SSSR count). The van der Waals surface area contributed by atoms with Crippen LogP contribution in [0.25, 0.3) is 0 Å². The van der Waals surface area contributed by atoms with Crippen molar-refractivity contribution in [2.75, 3.05) is 13.1 Å². The zero-order chi connectivity index (χ0) is 14.8. The van der Waals surface area contributed by atoms with Gasteiger partial charge in [-0.1, -0.05) is 11.6 Å². The Morgan fingerprint density at radius 1 is 1.40 bits per heavy atom. The second-order valence-electron chi connectivity index (χ2n) is 5.71. The molecular formula is C14H19ClN2O3. The number of halogens is 1. The first-order chi connectivity index (χ1) is 9.35. The van der Waals surface area contributed by atoms with Crippen molar-refractivity contribution in [2.45, 2.75) is 39.0 Å². The molecule has 5 nitrogen and oxygen atoms in total. The second-order valence-corrected chi connectivity index (χ2v) is 6.10. The Balaban J connectivity index is 2.07. The third-order valence-corrected chi connectivity index (χ3v) is 3.00. The van der Waals surface area contributed by atoms with E-state index in [4.69, 9.17) is 21.1 Å². The smallest absolute Gasteiger partial charge is 0.363 e. The standard InChI is InChI=1S/C14H19ClN2O3/c1-14(2,3)20-13(18)12(17-7-4-8-17)19-10-5-6-11(15)16-9-10/h5-6,9,12H,4,7-8H2,1-3H3. The number of esters is 1. The normalized spacial score (nSPS) is 17.2. The number of rotatable bonds is 4. The van der Waals surface area contributed by atoms with Crippen molar-refractivity contribution in [3.8, 4) is 5.75 Å². The van der Waals surface area contributed by atoms with E-state index in [1.165, 1.54) is 6.20 Å². The number of carbonyl (C=O) groups excluding carboxylic acids is 1. The van der Waals surface area contributed by atoms with Crippen molar-refractivity contribution in [3.63, 3.8) is 0 Å². The van der Waals surface area contributed by atoms with Gasteiger partial charge in [0, 0.05) is 13.1 Å². The lowest BCUT2D eigenvalue weighted by atomic mass is 10.2. The van der Waals surface area contributed by atoms with E-state index >= 15 is 0 Å². The van der Waals surface area contributed by atoms with E-state index in [2.05, 4.69) is 4.98 Å². The maximum atomic E-state index is 12.2. The first-order valence-corrected chi connectivity index (χ1v) is 6.98. The van der Waals surface area contributed by atoms with Gasteiger partial charge in [-0.15, -0.1) is 0 Å². The number of pyridine rings is 1. The molecule has 1 aromatic rings. The molecule has 1 atom stereocenters. The van der Waals surface area contributed by atoms with Crippen LogP contribution in [0.1, 0.15) is 27.2 Å². The fraction of sp³-hybridized carbons (Fsp3) is 0.571. The lowest BCUT2D eigenvalue weighted by Gasteiger charge is -2.37. The molecule has 110 valence electrons. The summed E-state index contributed by atoms with van der Waals surface area (Å²) in [6.45, 7) is 7.15. The van der Waals surface area contributed by atoms with Crippen LogP contribution in [-0.4, -0.2) is 40.8 Å². The second kappa shape index (κ2) is 5.97. The molecule has 1 aliphatic rings. The zero-order valence-electron chi connectivity index (χ0n) is 11.9. The summed E-state index contributed by atoms with van der Waals surface area (Å²) < 4.78 is 11.1. The van der Waals surface area contributed by atoms with Crippen LogP contribution in [0, 0.1) is 0 Å². The Morgan fingerprint density at radius 2 is 2.10 bits per heavy atom. The summed E-state index contributed by atoms with van der Waals surface area (Å²) in [5, 5.41) is 0.384. The van der Waals surface area contributed by atoms with E-state index < -0.39 is 11.8 Å². The van der Waals surface area contributed by atoms with Crippen LogP contribution in [0.2, 0.25) is 5.15 Å². The average Bonchev–Trinajstić information content (AvgIpc) is 2.26. The van der Waals surface area contributed by atoms with Gasteiger partial charge in [0.25, 0.3) is 6.23 Å². The minimum Gasteiger partial charge on any atom is -0.462 e. The SMILES string of the molecule is CC(C)(C)OC(=O)C(Oc1ccc(Cl)nc1)N1CCC1. The summed E-state index contributed by atoms with van der Waals surface area (Å²) in [4.78, 5) is 18.1. The van der Waals surface area contributed by atoms with Gasteiger partial charge in [0.15, 0.2) is 0 Å². The fourth-order valence-electron chi connectivity index (χ4n) is 1.76. The minimum absolute atomic E-state index is 0.382. The number of hydrogen-bond donors (Lipinski definition) is 0. The minimum atomic E-state index is -0.731. The van der Waals surface area contributed by atoms with E-state index in [9.17, 15) is 4.79 Å². The summed E-state index contributed by atoms with van der Waals surface area (Å²) in [7, 11) is 0. The molecule has 0 radical (unpaired) electrons.